The van der Waals surface area contributed by atoms with E-state index in [2.05, 4.69) is 5.32 Å². The van der Waals surface area contributed by atoms with E-state index in [0.717, 1.165) is 0 Å². The van der Waals surface area contributed by atoms with Crippen LogP contribution in [0.25, 0.3) is 0 Å². The molecule has 0 spiro atoms. The van der Waals surface area contributed by atoms with Gasteiger partial charge in [0.05, 0.1) is 0 Å². The van der Waals surface area contributed by atoms with Crippen LogP contribution in [0.4, 0.5) is 0 Å². The zero-order chi connectivity index (χ0) is 11.1. The summed E-state index contributed by atoms with van der Waals surface area (Å²) in [6, 6.07) is -1.04. The SMILES string of the molecule is CC(CN)C(=O)N[C@H](CCO)C(=O)O. The van der Waals surface area contributed by atoms with E-state index in [0.29, 0.717) is 0 Å². The lowest BCUT2D eigenvalue weighted by atomic mass is 10.1. The first-order chi connectivity index (χ1) is 6.52. The number of aliphatic carboxylic acids is 1. The third-order valence-corrected chi connectivity index (χ3v) is 1.83. The van der Waals surface area contributed by atoms with Crippen LogP contribution in [0.5, 0.6) is 0 Å². The number of hydrogen-bond acceptors (Lipinski definition) is 4. The molecular weight excluding hydrogens is 188 g/mol. The van der Waals surface area contributed by atoms with Crippen LogP contribution >= 0.6 is 0 Å². The molecule has 0 heterocycles. The van der Waals surface area contributed by atoms with E-state index in [9.17, 15) is 9.59 Å². The minimum absolute atomic E-state index is 0.00162. The maximum Gasteiger partial charge on any atom is 0.326 e. The van der Waals surface area contributed by atoms with Crippen LogP contribution in [0.1, 0.15) is 13.3 Å². The molecule has 0 aromatic carbocycles. The Morgan fingerprint density at radius 3 is 2.43 bits per heavy atom. The molecule has 0 fully saturated rings. The van der Waals surface area contributed by atoms with E-state index < -0.39 is 23.8 Å². The number of nitrogens with two attached hydrogens (primary N) is 1. The number of amides is 1. The van der Waals surface area contributed by atoms with E-state index >= 15 is 0 Å². The topological polar surface area (TPSA) is 113 Å². The van der Waals surface area contributed by atoms with Crippen LogP contribution in [0.15, 0.2) is 0 Å². The molecule has 14 heavy (non-hydrogen) atoms. The zero-order valence-corrected chi connectivity index (χ0v) is 8.06. The minimum atomic E-state index is -1.16. The maximum atomic E-state index is 11.2. The molecular formula is C8H16N2O4. The number of aliphatic hydroxyl groups excluding tert-OH is 1. The Morgan fingerprint density at radius 1 is 1.50 bits per heavy atom. The lowest BCUT2D eigenvalue weighted by Crippen LogP contribution is -2.44. The van der Waals surface area contributed by atoms with Crippen molar-refractivity contribution in [3.8, 4) is 0 Å². The van der Waals surface area contributed by atoms with Gasteiger partial charge in [-0.3, -0.25) is 4.79 Å². The molecule has 0 aromatic heterocycles. The molecule has 0 aromatic rings. The van der Waals surface area contributed by atoms with Gasteiger partial charge in [-0.15, -0.1) is 0 Å². The number of carboxylic acids is 1. The molecule has 6 heteroatoms. The second-order valence-electron chi connectivity index (χ2n) is 3.05. The highest BCUT2D eigenvalue weighted by atomic mass is 16.4. The number of carbonyl (C=O) groups excluding carboxylic acids is 1. The molecule has 1 amide bonds. The third-order valence-electron chi connectivity index (χ3n) is 1.83. The van der Waals surface area contributed by atoms with Gasteiger partial charge in [0.2, 0.25) is 5.91 Å². The highest BCUT2D eigenvalue weighted by molar-refractivity contribution is 5.84. The number of hydrogen-bond donors (Lipinski definition) is 4. The smallest absolute Gasteiger partial charge is 0.326 e. The van der Waals surface area contributed by atoms with Crippen molar-refractivity contribution in [2.24, 2.45) is 11.7 Å². The van der Waals surface area contributed by atoms with Gasteiger partial charge >= 0.3 is 5.97 Å². The van der Waals surface area contributed by atoms with Crippen molar-refractivity contribution in [3.63, 3.8) is 0 Å². The van der Waals surface area contributed by atoms with Crippen LogP contribution in [0, 0.1) is 5.92 Å². The molecule has 0 radical (unpaired) electrons. The summed E-state index contributed by atoms with van der Waals surface area (Å²) in [5.74, 6) is -1.99. The molecule has 5 N–H and O–H groups in total. The maximum absolute atomic E-state index is 11.2. The molecule has 2 atom stereocenters. The molecule has 6 nitrogen and oxygen atoms in total. The predicted molar refractivity (Wildman–Crippen MR) is 49.5 cm³/mol. The van der Waals surface area contributed by atoms with E-state index in [1.54, 1.807) is 6.92 Å². The van der Waals surface area contributed by atoms with Gasteiger partial charge in [0.25, 0.3) is 0 Å². The molecule has 0 saturated heterocycles. The third kappa shape index (κ3) is 4.20. The number of rotatable bonds is 6. The van der Waals surface area contributed by atoms with Crippen molar-refractivity contribution in [2.45, 2.75) is 19.4 Å². The molecule has 0 aliphatic heterocycles. The summed E-state index contributed by atoms with van der Waals surface area (Å²) in [5, 5.41) is 19.5. The highest BCUT2D eigenvalue weighted by Crippen LogP contribution is 1.96. The average Bonchev–Trinajstić information content (AvgIpc) is 2.15. The first kappa shape index (κ1) is 12.9. The molecule has 0 aliphatic carbocycles. The normalized spacial score (nSPS) is 14.5. The fraction of sp³-hybridized carbons (Fsp3) is 0.750. The first-order valence-electron chi connectivity index (χ1n) is 4.37. The van der Waals surface area contributed by atoms with Gasteiger partial charge in [-0.05, 0) is 0 Å². The monoisotopic (exact) mass is 204 g/mol. The molecule has 0 rings (SSSR count). The van der Waals surface area contributed by atoms with Crippen molar-refractivity contribution in [2.75, 3.05) is 13.2 Å². The average molecular weight is 204 g/mol. The Morgan fingerprint density at radius 2 is 2.07 bits per heavy atom. The van der Waals surface area contributed by atoms with Gasteiger partial charge in [0.1, 0.15) is 6.04 Å². The van der Waals surface area contributed by atoms with Crippen molar-refractivity contribution in [3.05, 3.63) is 0 Å². The van der Waals surface area contributed by atoms with E-state index in [4.69, 9.17) is 15.9 Å². The molecule has 0 saturated carbocycles. The lowest BCUT2D eigenvalue weighted by molar-refractivity contribution is -0.142. The van der Waals surface area contributed by atoms with Crippen LogP contribution in [-0.4, -0.2) is 41.3 Å². The van der Waals surface area contributed by atoms with Crippen molar-refractivity contribution in [1.29, 1.82) is 0 Å². The summed E-state index contributed by atoms with van der Waals surface area (Å²) < 4.78 is 0. The zero-order valence-electron chi connectivity index (χ0n) is 8.06. The quantitative estimate of drug-likeness (QED) is 0.422. The summed E-state index contributed by atoms with van der Waals surface area (Å²) in [6.45, 7) is 1.48. The molecule has 0 aliphatic rings. The molecule has 82 valence electrons. The van der Waals surface area contributed by atoms with E-state index in [-0.39, 0.29) is 19.6 Å². The van der Waals surface area contributed by atoms with Crippen molar-refractivity contribution >= 4 is 11.9 Å². The Hall–Kier alpha value is -1.14. The number of aliphatic hydroxyl groups is 1. The first-order valence-corrected chi connectivity index (χ1v) is 4.37. The van der Waals surface area contributed by atoms with Crippen LogP contribution in [0.3, 0.4) is 0 Å². The Bertz CT molecular complexity index is 208. The van der Waals surface area contributed by atoms with Gasteiger partial charge in [0.15, 0.2) is 0 Å². The van der Waals surface area contributed by atoms with Gasteiger partial charge in [0, 0.05) is 25.5 Å². The fourth-order valence-corrected chi connectivity index (χ4v) is 0.807. The van der Waals surface area contributed by atoms with E-state index in [1.165, 1.54) is 0 Å². The van der Waals surface area contributed by atoms with Crippen LogP contribution in [-0.2, 0) is 9.59 Å². The summed E-state index contributed by atoms with van der Waals surface area (Å²) in [5.41, 5.74) is 5.24. The fourth-order valence-electron chi connectivity index (χ4n) is 0.807. The standard InChI is InChI=1S/C8H16N2O4/c1-5(4-9)7(12)10-6(2-3-11)8(13)14/h5-6,11H,2-4,9H2,1H3,(H,10,12)(H,13,14)/t5?,6-/m1/s1. The Labute approximate surface area is 82.1 Å². The van der Waals surface area contributed by atoms with Gasteiger partial charge in [-0.2, -0.15) is 0 Å². The number of carbonyl (C=O) groups is 2. The summed E-state index contributed by atoms with van der Waals surface area (Å²) in [4.78, 5) is 21.8. The molecule has 0 bridgehead atoms. The highest BCUT2D eigenvalue weighted by Gasteiger charge is 2.21. The second-order valence-corrected chi connectivity index (χ2v) is 3.05. The van der Waals surface area contributed by atoms with Crippen molar-refractivity contribution in [1.82, 2.24) is 5.32 Å². The number of carboxylic acid groups (broad SMARTS) is 1. The van der Waals surface area contributed by atoms with Gasteiger partial charge in [-0.25, -0.2) is 4.79 Å². The van der Waals surface area contributed by atoms with Gasteiger partial charge < -0.3 is 21.3 Å². The van der Waals surface area contributed by atoms with Crippen LogP contribution in [0.2, 0.25) is 0 Å². The largest absolute Gasteiger partial charge is 0.480 e. The van der Waals surface area contributed by atoms with E-state index in [1.807, 2.05) is 0 Å². The second kappa shape index (κ2) is 6.33. The van der Waals surface area contributed by atoms with Crippen molar-refractivity contribution < 1.29 is 19.8 Å². The van der Waals surface area contributed by atoms with Gasteiger partial charge in [-0.1, -0.05) is 6.92 Å². The molecule has 1 unspecified atom stereocenters. The Kier molecular flexibility index (Phi) is 5.82. The summed E-state index contributed by atoms with van der Waals surface area (Å²) in [6.07, 6.45) is -0.00162. The predicted octanol–water partition coefficient (Wildman–Crippen LogP) is -1.47. The lowest BCUT2D eigenvalue weighted by Gasteiger charge is -2.15. The number of nitrogens with one attached hydrogen (secondary N) is 1. The summed E-state index contributed by atoms with van der Waals surface area (Å²) in [7, 11) is 0. The van der Waals surface area contributed by atoms with Crippen LogP contribution < -0.4 is 11.1 Å². The minimum Gasteiger partial charge on any atom is -0.480 e. The summed E-state index contributed by atoms with van der Waals surface area (Å²) >= 11 is 0. The Balaban J connectivity index is 4.15.